The van der Waals surface area contributed by atoms with Crippen molar-refractivity contribution in [3.8, 4) is 0 Å². The lowest BCUT2D eigenvalue weighted by Gasteiger charge is -2.32. The molecule has 6 nitrogen and oxygen atoms in total. The van der Waals surface area contributed by atoms with Crippen molar-refractivity contribution in [1.82, 2.24) is 9.88 Å². The average molecular weight is 345 g/mol. The number of pyridine rings is 1. The number of benzene rings is 1. The summed E-state index contributed by atoms with van der Waals surface area (Å²) < 4.78 is 22.6. The highest BCUT2D eigenvalue weighted by atomic mass is 32.2. The number of sulfonamides is 1. The van der Waals surface area contributed by atoms with Gasteiger partial charge in [-0.3, -0.25) is 9.78 Å². The molecule has 0 saturated carbocycles. The third kappa shape index (κ3) is 3.63. The predicted octanol–water partition coefficient (Wildman–Crippen LogP) is 1.75. The van der Waals surface area contributed by atoms with Crippen LogP contribution >= 0.6 is 0 Å². The van der Waals surface area contributed by atoms with Gasteiger partial charge in [0, 0.05) is 19.3 Å². The van der Waals surface area contributed by atoms with Gasteiger partial charge >= 0.3 is 0 Å². The summed E-state index contributed by atoms with van der Waals surface area (Å²) in [5.74, 6) is 0.269. The van der Waals surface area contributed by atoms with E-state index in [2.05, 4.69) is 4.98 Å². The van der Waals surface area contributed by atoms with Crippen LogP contribution < -0.4 is 5.14 Å². The molecule has 1 aliphatic heterocycles. The summed E-state index contributed by atoms with van der Waals surface area (Å²) in [6.07, 6.45) is 3.30. The van der Waals surface area contributed by atoms with Gasteiger partial charge in [-0.05, 0) is 48.6 Å². The zero-order valence-corrected chi connectivity index (χ0v) is 13.9. The first-order valence-electron chi connectivity index (χ1n) is 7.78. The molecule has 3 rings (SSSR count). The molecule has 0 aliphatic carbocycles. The van der Waals surface area contributed by atoms with Crippen LogP contribution in [-0.2, 0) is 10.0 Å². The molecule has 1 fully saturated rings. The summed E-state index contributed by atoms with van der Waals surface area (Å²) in [7, 11) is -3.66. The molecule has 1 saturated heterocycles. The standard InChI is InChI=1S/C17H19N3O3S/c18-24(22,23)15-6-4-13(5-7-15)14-8-11-20(12-9-14)17(21)16-3-1-2-10-19-16/h1-7,10,14H,8-9,11-12H2,(H2,18,22,23). The van der Waals surface area contributed by atoms with Crippen molar-refractivity contribution in [2.24, 2.45) is 5.14 Å². The number of primary sulfonamides is 1. The SMILES string of the molecule is NS(=O)(=O)c1ccc(C2CCN(C(=O)c3ccccn3)CC2)cc1. The van der Waals surface area contributed by atoms with Gasteiger partial charge in [-0.1, -0.05) is 18.2 Å². The van der Waals surface area contributed by atoms with Crippen molar-refractivity contribution in [2.45, 2.75) is 23.7 Å². The molecule has 0 atom stereocenters. The molecule has 0 bridgehead atoms. The molecule has 1 amide bonds. The molecule has 0 unspecified atom stereocenters. The topological polar surface area (TPSA) is 93.4 Å². The zero-order valence-electron chi connectivity index (χ0n) is 13.1. The van der Waals surface area contributed by atoms with Crippen LogP contribution in [0.3, 0.4) is 0 Å². The number of nitrogens with zero attached hydrogens (tertiary/aromatic N) is 2. The second-order valence-corrected chi connectivity index (χ2v) is 7.46. The molecule has 1 aromatic heterocycles. The third-order valence-electron chi connectivity index (χ3n) is 4.35. The average Bonchev–Trinajstić information content (AvgIpc) is 2.61. The van der Waals surface area contributed by atoms with Crippen LogP contribution in [0.1, 0.15) is 34.8 Å². The fourth-order valence-corrected chi connectivity index (χ4v) is 3.51. The fraction of sp³-hybridized carbons (Fsp3) is 0.294. The Labute approximate surface area is 141 Å². The van der Waals surface area contributed by atoms with E-state index in [0.29, 0.717) is 24.7 Å². The summed E-state index contributed by atoms with van der Waals surface area (Å²) in [6.45, 7) is 1.33. The van der Waals surface area contributed by atoms with Crippen molar-refractivity contribution >= 4 is 15.9 Å². The maximum atomic E-state index is 12.4. The highest BCUT2D eigenvalue weighted by Gasteiger charge is 2.25. The first-order chi connectivity index (χ1) is 11.4. The number of carbonyl (C=O) groups is 1. The summed E-state index contributed by atoms with van der Waals surface area (Å²) >= 11 is 0. The molecule has 2 N–H and O–H groups in total. The molecule has 2 aromatic rings. The zero-order chi connectivity index (χ0) is 17.2. The van der Waals surface area contributed by atoms with Crippen molar-refractivity contribution in [2.75, 3.05) is 13.1 Å². The maximum Gasteiger partial charge on any atom is 0.272 e. The van der Waals surface area contributed by atoms with Gasteiger partial charge in [-0.2, -0.15) is 0 Å². The van der Waals surface area contributed by atoms with Gasteiger partial charge in [0.05, 0.1) is 4.90 Å². The van der Waals surface area contributed by atoms with E-state index in [4.69, 9.17) is 5.14 Å². The number of piperidine rings is 1. The van der Waals surface area contributed by atoms with E-state index in [-0.39, 0.29) is 10.8 Å². The van der Waals surface area contributed by atoms with Crippen molar-refractivity contribution in [3.05, 3.63) is 59.9 Å². The van der Waals surface area contributed by atoms with Gasteiger partial charge in [-0.15, -0.1) is 0 Å². The van der Waals surface area contributed by atoms with E-state index >= 15 is 0 Å². The van der Waals surface area contributed by atoms with E-state index in [1.165, 1.54) is 12.1 Å². The van der Waals surface area contributed by atoms with Gasteiger partial charge in [-0.25, -0.2) is 13.6 Å². The Bertz CT molecular complexity index is 812. The Morgan fingerprint density at radius 1 is 1.08 bits per heavy atom. The third-order valence-corrected chi connectivity index (χ3v) is 5.28. The molecular weight excluding hydrogens is 326 g/mol. The second kappa shape index (κ2) is 6.70. The Kier molecular flexibility index (Phi) is 4.64. The fourth-order valence-electron chi connectivity index (χ4n) is 3.00. The van der Waals surface area contributed by atoms with Gasteiger partial charge in [0.25, 0.3) is 5.91 Å². The normalized spacial score (nSPS) is 16.1. The first-order valence-corrected chi connectivity index (χ1v) is 9.33. The summed E-state index contributed by atoms with van der Waals surface area (Å²) in [5, 5.41) is 5.11. The molecule has 24 heavy (non-hydrogen) atoms. The van der Waals surface area contributed by atoms with Gasteiger partial charge in [0.2, 0.25) is 10.0 Å². The summed E-state index contributed by atoms with van der Waals surface area (Å²) in [6, 6.07) is 12.0. The molecule has 126 valence electrons. The Balaban J connectivity index is 1.64. The van der Waals surface area contributed by atoms with E-state index in [0.717, 1.165) is 18.4 Å². The van der Waals surface area contributed by atoms with Crippen LogP contribution in [0.15, 0.2) is 53.6 Å². The number of likely N-dealkylation sites (tertiary alicyclic amines) is 1. The van der Waals surface area contributed by atoms with Crippen LogP contribution in [-0.4, -0.2) is 37.3 Å². The smallest absolute Gasteiger partial charge is 0.272 e. The molecule has 2 heterocycles. The van der Waals surface area contributed by atoms with Gasteiger partial charge in [0.15, 0.2) is 0 Å². The number of carbonyl (C=O) groups excluding carboxylic acids is 1. The van der Waals surface area contributed by atoms with E-state index in [1.54, 1.807) is 36.5 Å². The number of rotatable bonds is 3. The van der Waals surface area contributed by atoms with E-state index < -0.39 is 10.0 Å². The van der Waals surface area contributed by atoms with Crippen molar-refractivity contribution in [3.63, 3.8) is 0 Å². The lowest BCUT2D eigenvalue weighted by molar-refractivity contribution is 0.0707. The van der Waals surface area contributed by atoms with Gasteiger partial charge < -0.3 is 4.90 Å². The Morgan fingerprint density at radius 2 is 1.75 bits per heavy atom. The molecule has 0 radical (unpaired) electrons. The number of aromatic nitrogens is 1. The molecule has 1 aliphatic rings. The highest BCUT2D eigenvalue weighted by molar-refractivity contribution is 7.89. The van der Waals surface area contributed by atoms with Crippen LogP contribution in [0.5, 0.6) is 0 Å². The second-order valence-electron chi connectivity index (χ2n) is 5.90. The Hall–Kier alpha value is -2.25. The minimum Gasteiger partial charge on any atom is -0.337 e. The minimum atomic E-state index is -3.66. The number of amides is 1. The molecule has 0 spiro atoms. The highest BCUT2D eigenvalue weighted by Crippen LogP contribution is 2.29. The quantitative estimate of drug-likeness (QED) is 0.917. The monoisotopic (exact) mass is 345 g/mol. The minimum absolute atomic E-state index is 0.0429. The van der Waals surface area contributed by atoms with Crippen molar-refractivity contribution < 1.29 is 13.2 Å². The lowest BCUT2D eigenvalue weighted by atomic mass is 9.89. The first kappa shape index (κ1) is 16.6. The number of hydrogen-bond donors (Lipinski definition) is 1. The molecule has 7 heteroatoms. The summed E-state index contributed by atoms with van der Waals surface area (Å²) in [4.78, 5) is 18.4. The predicted molar refractivity (Wildman–Crippen MR) is 89.9 cm³/mol. The van der Waals surface area contributed by atoms with E-state index in [9.17, 15) is 13.2 Å². The van der Waals surface area contributed by atoms with Crippen LogP contribution in [0, 0.1) is 0 Å². The Morgan fingerprint density at radius 3 is 2.29 bits per heavy atom. The molecular formula is C17H19N3O3S. The molecule has 1 aromatic carbocycles. The van der Waals surface area contributed by atoms with Crippen LogP contribution in [0.2, 0.25) is 0 Å². The van der Waals surface area contributed by atoms with Crippen molar-refractivity contribution in [1.29, 1.82) is 0 Å². The number of hydrogen-bond acceptors (Lipinski definition) is 4. The van der Waals surface area contributed by atoms with Crippen LogP contribution in [0.4, 0.5) is 0 Å². The number of nitrogens with two attached hydrogens (primary N) is 1. The van der Waals surface area contributed by atoms with E-state index in [1.807, 2.05) is 4.90 Å². The van der Waals surface area contributed by atoms with Crippen LogP contribution in [0.25, 0.3) is 0 Å². The largest absolute Gasteiger partial charge is 0.337 e. The maximum absolute atomic E-state index is 12.4. The summed E-state index contributed by atoms with van der Waals surface area (Å²) in [5.41, 5.74) is 1.54. The van der Waals surface area contributed by atoms with Gasteiger partial charge in [0.1, 0.15) is 5.69 Å². The lowest BCUT2D eigenvalue weighted by Crippen LogP contribution is -2.38.